The van der Waals surface area contributed by atoms with Gasteiger partial charge in [-0.15, -0.1) is 11.3 Å². The molecule has 0 aliphatic carbocycles. The molecule has 0 radical (unpaired) electrons. The Morgan fingerprint density at radius 1 is 1.14 bits per heavy atom. The molecule has 29 heavy (non-hydrogen) atoms. The fourth-order valence-electron chi connectivity index (χ4n) is 3.24. The van der Waals surface area contributed by atoms with Gasteiger partial charge in [-0.25, -0.2) is 4.39 Å². The molecule has 4 aromatic rings. The number of rotatable bonds is 5. The molecule has 1 amide bonds. The molecule has 148 valence electrons. The van der Waals surface area contributed by atoms with Crippen LogP contribution in [0.25, 0.3) is 10.2 Å². The minimum absolute atomic E-state index is 0.128. The summed E-state index contributed by atoms with van der Waals surface area (Å²) < 4.78 is 15.0. The van der Waals surface area contributed by atoms with E-state index in [-0.39, 0.29) is 11.7 Å². The normalized spacial score (nSPS) is 11.3. The predicted molar refractivity (Wildman–Crippen MR) is 116 cm³/mol. The van der Waals surface area contributed by atoms with Gasteiger partial charge in [0.05, 0.1) is 17.1 Å². The standard InChI is InChI=1S/C23H22FN3OS/c1-14(2)17-6-10-19(11-7-17)25-22(28)21-12-20-15(3)26-27(23(20)29-21)13-16-4-8-18(24)9-5-16/h4-12,14H,13H2,1-3H3,(H,25,28). The largest absolute Gasteiger partial charge is 0.321 e. The molecule has 0 fully saturated rings. The third-order valence-corrected chi connectivity index (χ3v) is 6.06. The molecule has 2 heterocycles. The van der Waals surface area contributed by atoms with Crippen molar-refractivity contribution in [3.63, 3.8) is 0 Å². The van der Waals surface area contributed by atoms with Gasteiger partial charge in [0.2, 0.25) is 0 Å². The van der Waals surface area contributed by atoms with Crippen LogP contribution in [0.3, 0.4) is 0 Å². The minimum atomic E-state index is -0.257. The predicted octanol–water partition coefficient (Wildman–Crippen LogP) is 5.97. The summed E-state index contributed by atoms with van der Waals surface area (Å²) in [4.78, 5) is 14.3. The first-order chi connectivity index (χ1) is 13.9. The van der Waals surface area contributed by atoms with Crippen molar-refractivity contribution in [3.05, 3.63) is 82.1 Å². The Hall–Kier alpha value is -2.99. The Morgan fingerprint density at radius 3 is 2.48 bits per heavy atom. The van der Waals surface area contributed by atoms with Crippen molar-refractivity contribution in [2.24, 2.45) is 0 Å². The van der Waals surface area contributed by atoms with E-state index in [1.165, 1.54) is 29.0 Å². The Bertz CT molecular complexity index is 1160. The zero-order valence-corrected chi connectivity index (χ0v) is 17.4. The number of amides is 1. The molecule has 0 saturated carbocycles. The van der Waals surface area contributed by atoms with E-state index in [0.29, 0.717) is 17.3 Å². The van der Waals surface area contributed by atoms with Gasteiger partial charge in [-0.2, -0.15) is 5.10 Å². The van der Waals surface area contributed by atoms with Gasteiger partial charge in [0.25, 0.3) is 5.91 Å². The smallest absolute Gasteiger partial charge is 0.265 e. The fourth-order valence-corrected chi connectivity index (χ4v) is 4.29. The van der Waals surface area contributed by atoms with Crippen LogP contribution >= 0.6 is 11.3 Å². The van der Waals surface area contributed by atoms with E-state index in [1.54, 1.807) is 12.1 Å². The second-order valence-corrected chi connectivity index (χ2v) is 8.46. The molecule has 0 atom stereocenters. The Balaban J connectivity index is 1.56. The van der Waals surface area contributed by atoms with Gasteiger partial charge in [-0.05, 0) is 54.3 Å². The van der Waals surface area contributed by atoms with Crippen LogP contribution in [0.4, 0.5) is 10.1 Å². The van der Waals surface area contributed by atoms with Crippen LogP contribution in [0, 0.1) is 12.7 Å². The van der Waals surface area contributed by atoms with E-state index in [4.69, 9.17) is 0 Å². The summed E-state index contributed by atoms with van der Waals surface area (Å²) in [6.45, 7) is 6.75. The monoisotopic (exact) mass is 407 g/mol. The van der Waals surface area contributed by atoms with Crippen molar-refractivity contribution in [2.75, 3.05) is 5.32 Å². The summed E-state index contributed by atoms with van der Waals surface area (Å²) in [5, 5.41) is 8.52. The van der Waals surface area contributed by atoms with Crippen molar-refractivity contribution < 1.29 is 9.18 Å². The first-order valence-electron chi connectivity index (χ1n) is 9.53. The number of aromatic nitrogens is 2. The first-order valence-corrected chi connectivity index (χ1v) is 10.3. The topological polar surface area (TPSA) is 46.9 Å². The van der Waals surface area contributed by atoms with Gasteiger partial charge in [0.1, 0.15) is 10.6 Å². The van der Waals surface area contributed by atoms with Gasteiger partial charge in [-0.3, -0.25) is 9.48 Å². The average molecular weight is 408 g/mol. The Labute approximate surface area is 173 Å². The van der Waals surface area contributed by atoms with Crippen LogP contribution in [0.2, 0.25) is 0 Å². The Kier molecular flexibility index (Phi) is 5.20. The lowest BCUT2D eigenvalue weighted by atomic mass is 10.0. The van der Waals surface area contributed by atoms with E-state index < -0.39 is 0 Å². The summed E-state index contributed by atoms with van der Waals surface area (Å²) in [6, 6.07) is 16.2. The summed E-state index contributed by atoms with van der Waals surface area (Å²) in [6.07, 6.45) is 0. The maximum absolute atomic E-state index is 13.2. The van der Waals surface area contributed by atoms with Crippen molar-refractivity contribution in [2.45, 2.75) is 33.2 Å². The maximum Gasteiger partial charge on any atom is 0.265 e. The molecule has 1 N–H and O–H groups in total. The van der Waals surface area contributed by atoms with Gasteiger partial charge in [0.15, 0.2) is 0 Å². The molecule has 0 saturated heterocycles. The highest BCUT2D eigenvalue weighted by Gasteiger charge is 2.17. The second kappa shape index (κ2) is 7.79. The number of aryl methyl sites for hydroxylation is 1. The summed E-state index contributed by atoms with van der Waals surface area (Å²) in [7, 11) is 0. The molecule has 0 bridgehead atoms. The molecular formula is C23H22FN3OS. The molecule has 0 unspecified atom stereocenters. The van der Waals surface area contributed by atoms with E-state index in [1.807, 2.05) is 41.9 Å². The van der Waals surface area contributed by atoms with Crippen molar-refractivity contribution >= 4 is 33.1 Å². The molecule has 0 aliphatic rings. The number of carbonyl (C=O) groups is 1. The Morgan fingerprint density at radius 2 is 1.83 bits per heavy atom. The molecule has 0 aliphatic heterocycles. The van der Waals surface area contributed by atoms with Crippen LogP contribution in [-0.2, 0) is 6.54 Å². The number of hydrogen-bond donors (Lipinski definition) is 1. The maximum atomic E-state index is 13.2. The van der Waals surface area contributed by atoms with Crippen LogP contribution in [0.5, 0.6) is 0 Å². The van der Waals surface area contributed by atoms with Gasteiger partial charge in [0, 0.05) is 11.1 Å². The summed E-state index contributed by atoms with van der Waals surface area (Å²) in [5.41, 5.74) is 3.85. The zero-order chi connectivity index (χ0) is 20.5. The van der Waals surface area contributed by atoms with Crippen LogP contribution in [-0.4, -0.2) is 15.7 Å². The summed E-state index contributed by atoms with van der Waals surface area (Å²) in [5.74, 6) is 0.0673. The van der Waals surface area contributed by atoms with Crippen molar-refractivity contribution in [1.82, 2.24) is 9.78 Å². The number of fused-ring (bicyclic) bond motifs is 1. The fraction of sp³-hybridized carbons (Fsp3) is 0.217. The van der Waals surface area contributed by atoms with Gasteiger partial charge in [-0.1, -0.05) is 38.1 Å². The molecule has 6 heteroatoms. The highest BCUT2D eigenvalue weighted by Crippen LogP contribution is 2.29. The second-order valence-electron chi connectivity index (χ2n) is 7.43. The summed E-state index contributed by atoms with van der Waals surface area (Å²) >= 11 is 1.42. The van der Waals surface area contributed by atoms with Crippen LogP contribution in [0.1, 0.15) is 46.3 Å². The molecular weight excluding hydrogens is 385 g/mol. The van der Waals surface area contributed by atoms with Gasteiger partial charge < -0.3 is 5.32 Å². The van der Waals surface area contributed by atoms with E-state index in [9.17, 15) is 9.18 Å². The average Bonchev–Trinajstić information content (AvgIpc) is 3.26. The number of hydrogen-bond acceptors (Lipinski definition) is 3. The number of halogens is 1. The number of nitrogens with one attached hydrogen (secondary N) is 1. The van der Waals surface area contributed by atoms with E-state index in [0.717, 1.165) is 27.2 Å². The molecule has 2 aromatic heterocycles. The van der Waals surface area contributed by atoms with Crippen molar-refractivity contribution in [3.8, 4) is 0 Å². The highest BCUT2D eigenvalue weighted by atomic mass is 32.1. The number of anilines is 1. The number of nitrogens with zero attached hydrogens (tertiary/aromatic N) is 2. The van der Waals surface area contributed by atoms with Crippen LogP contribution in [0.15, 0.2) is 54.6 Å². The number of benzene rings is 2. The van der Waals surface area contributed by atoms with Crippen LogP contribution < -0.4 is 5.32 Å². The SMILES string of the molecule is Cc1nn(Cc2ccc(F)cc2)c2sc(C(=O)Nc3ccc(C(C)C)cc3)cc12. The molecule has 2 aromatic carbocycles. The van der Waals surface area contributed by atoms with Gasteiger partial charge >= 0.3 is 0 Å². The number of carbonyl (C=O) groups excluding carboxylic acids is 1. The van der Waals surface area contributed by atoms with E-state index >= 15 is 0 Å². The third-order valence-electron chi connectivity index (χ3n) is 4.91. The molecule has 4 nitrogen and oxygen atoms in total. The minimum Gasteiger partial charge on any atom is -0.321 e. The molecule has 4 rings (SSSR count). The molecule has 0 spiro atoms. The lowest BCUT2D eigenvalue weighted by Gasteiger charge is -2.07. The number of thiophene rings is 1. The first kappa shape index (κ1) is 19.3. The quantitative estimate of drug-likeness (QED) is 0.443. The lowest BCUT2D eigenvalue weighted by Crippen LogP contribution is -2.10. The van der Waals surface area contributed by atoms with Crippen molar-refractivity contribution in [1.29, 1.82) is 0 Å². The lowest BCUT2D eigenvalue weighted by molar-refractivity contribution is 0.103. The van der Waals surface area contributed by atoms with E-state index in [2.05, 4.69) is 24.3 Å². The zero-order valence-electron chi connectivity index (χ0n) is 16.6. The third kappa shape index (κ3) is 4.07. The highest BCUT2D eigenvalue weighted by molar-refractivity contribution is 7.20.